The number of alkyl halides is 6. The van der Waals surface area contributed by atoms with Crippen LogP contribution in [0.5, 0.6) is 0 Å². The molecule has 0 amide bonds. The van der Waals surface area contributed by atoms with E-state index in [0.29, 0.717) is 0 Å². The SMILES string of the molecule is C=C(C(=O)OC(C(F)(F)F)C(F)(F)F)[C@H](O)c1ccc([N+](=O)[O-])cc1. The van der Waals surface area contributed by atoms with Crippen molar-refractivity contribution in [1.29, 1.82) is 0 Å². The number of halogens is 6. The van der Waals surface area contributed by atoms with Crippen LogP contribution < -0.4 is 0 Å². The van der Waals surface area contributed by atoms with Crippen LogP contribution in [0.25, 0.3) is 0 Å². The summed E-state index contributed by atoms with van der Waals surface area (Å²) in [7, 11) is 0. The van der Waals surface area contributed by atoms with E-state index in [4.69, 9.17) is 0 Å². The maximum atomic E-state index is 12.3. The lowest BCUT2D eigenvalue weighted by molar-refractivity contribution is -0.384. The first-order valence-electron chi connectivity index (χ1n) is 6.20. The third kappa shape index (κ3) is 5.17. The highest BCUT2D eigenvalue weighted by molar-refractivity contribution is 5.89. The number of esters is 1. The number of hydrogen-bond acceptors (Lipinski definition) is 5. The third-order valence-electron chi connectivity index (χ3n) is 2.83. The number of hydrogen-bond donors (Lipinski definition) is 1. The second kappa shape index (κ2) is 7.09. The number of non-ortho nitro benzene ring substituents is 1. The largest absolute Gasteiger partial charge is 0.439 e. The fourth-order valence-electron chi connectivity index (χ4n) is 1.59. The van der Waals surface area contributed by atoms with Crippen molar-refractivity contribution in [3.8, 4) is 0 Å². The van der Waals surface area contributed by atoms with Gasteiger partial charge in [0, 0.05) is 12.1 Å². The monoisotopic (exact) mass is 373 g/mol. The van der Waals surface area contributed by atoms with Gasteiger partial charge in [-0.25, -0.2) is 4.79 Å². The van der Waals surface area contributed by atoms with E-state index in [0.717, 1.165) is 24.3 Å². The Hall–Kier alpha value is -2.63. The number of ether oxygens (including phenoxy) is 1. The summed E-state index contributed by atoms with van der Waals surface area (Å²) < 4.78 is 77.4. The summed E-state index contributed by atoms with van der Waals surface area (Å²) in [6, 6.07) is 3.72. The van der Waals surface area contributed by atoms with Crippen LogP contribution in [0.3, 0.4) is 0 Å². The molecular formula is C13H9F6NO5. The van der Waals surface area contributed by atoms with E-state index in [1.807, 2.05) is 0 Å². The van der Waals surface area contributed by atoms with Gasteiger partial charge in [-0.15, -0.1) is 0 Å². The molecule has 0 aliphatic carbocycles. The van der Waals surface area contributed by atoms with Crippen molar-refractivity contribution < 1.29 is 45.9 Å². The summed E-state index contributed by atoms with van der Waals surface area (Å²) in [5.41, 5.74) is -1.71. The van der Waals surface area contributed by atoms with Crippen molar-refractivity contribution >= 4 is 11.7 Å². The second-order valence-electron chi connectivity index (χ2n) is 4.64. The number of rotatable bonds is 5. The number of carbonyl (C=O) groups excluding carboxylic acids is 1. The van der Waals surface area contributed by atoms with Gasteiger partial charge in [0.1, 0.15) is 6.10 Å². The number of nitro groups is 1. The van der Waals surface area contributed by atoms with Crippen molar-refractivity contribution in [2.24, 2.45) is 0 Å². The van der Waals surface area contributed by atoms with Gasteiger partial charge in [-0.1, -0.05) is 6.58 Å². The Kier molecular flexibility index (Phi) is 5.79. The maximum Gasteiger partial charge on any atom is 0.434 e. The van der Waals surface area contributed by atoms with E-state index in [1.165, 1.54) is 0 Å². The molecule has 25 heavy (non-hydrogen) atoms. The van der Waals surface area contributed by atoms with E-state index in [-0.39, 0.29) is 5.56 Å². The Morgan fingerprint density at radius 2 is 1.56 bits per heavy atom. The molecule has 1 aromatic rings. The Morgan fingerprint density at radius 1 is 1.12 bits per heavy atom. The van der Waals surface area contributed by atoms with E-state index >= 15 is 0 Å². The molecule has 12 heteroatoms. The molecule has 6 nitrogen and oxygen atoms in total. The van der Waals surface area contributed by atoms with Crippen LogP contribution >= 0.6 is 0 Å². The number of benzene rings is 1. The van der Waals surface area contributed by atoms with Gasteiger partial charge in [0.05, 0.1) is 10.5 Å². The zero-order valence-corrected chi connectivity index (χ0v) is 12.0. The Balaban J connectivity index is 2.94. The molecule has 1 atom stereocenters. The number of aliphatic hydroxyl groups is 1. The first-order chi connectivity index (χ1) is 11.2. The molecule has 0 unspecified atom stereocenters. The Morgan fingerprint density at radius 3 is 1.92 bits per heavy atom. The lowest BCUT2D eigenvalue weighted by atomic mass is 10.0. The van der Waals surface area contributed by atoms with Crippen LogP contribution in [0.2, 0.25) is 0 Å². The number of nitrogens with zero attached hydrogens (tertiary/aromatic N) is 1. The molecule has 0 bridgehead atoms. The fraction of sp³-hybridized carbons (Fsp3) is 0.308. The van der Waals surface area contributed by atoms with Crippen molar-refractivity contribution in [3.05, 3.63) is 52.1 Å². The molecule has 0 aliphatic heterocycles. The normalized spacial score (nSPS) is 13.4. The molecule has 1 aromatic carbocycles. The molecule has 0 saturated heterocycles. The zero-order valence-electron chi connectivity index (χ0n) is 12.0. The molecule has 138 valence electrons. The molecular weight excluding hydrogens is 364 g/mol. The van der Waals surface area contributed by atoms with Crippen LogP contribution in [-0.4, -0.2) is 34.5 Å². The summed E-state index contributed by atoms with van der Waals surface area (Å²) >= 11 is 0. The second-order valence-corrected chi connectivity index (χ2v) is 4.64. The minimum atomic E-state index is -5.91. The van der Waals surface area contributed by atoms with Crippen molar-refractivity contribution in [2.75, 3.05) is 0 Å². The van der Waals surface area contributed by atoms with Crippen LogP contribution in [-0.2, 0) is 9.53 Å². The van der Waals surface area contributed by atoms with Gasteiger partial charge in [-0.05, 0) is 17.7 Å². The molecule has 0 aliphatic rings. The van der Waals surface area contributed by atoms with E-state index in [9.17, 15) is 46.4 Å². The zero-order chi connectivity index (χ0) is 19.6. The van der Waals surface area contributed by atoms with Crippen molar-refractivity contribution in [1.82, 2.24) is 0 Å². The standard InChI is InChI=1S/C13H9F6NO5/c1-6(9(21)7-2-4-8(5-3-7)20(23)24)10(22)25-11(12(14,15)16)13(17,18)19/h2-5,9,11,21H,1H2/t9-/m0/s1. The third-order valence-corrected chi connectivity index (χ3v) is 2.83. The minimum absolute atomic E-state index is 0.219. The highest BCUT2D eigenvalue weighted by atomic mass is 19.4. The van der Waals surface area contributed by atoms with Gasteiger partial charge in [0.25, 0.3) is 11.8 Å². The van der Waals surface area contributed by atoms with Gasteiger partial charge in [0.2, 0.25) is 0 Å². The summed E-state index contributed by atoms with van der Waals surface area (Å²) in [4.78, 5) is 21.1. The Labute approximate surface area is 135 Å². The topological polar surface area (TPSA) is 89.7 Å². The molecule has 1 N–H and O–H groups in total. The minimum Gasteiger partial charge on any atom is -0.439 e. The van der Waals surface area contributed by atoms with Gasteiger partial charge < -0.3 is 9.84 Å². The van der Waals surface area contributed by atoms with Gasteiger partial charge in [-0.3, -0.25) is 10.1 Å². The predicted octanol–water partition coefficient (Wildman–Crippen LogP) is 3.22. The molecule has 0 aromatic heterocycles. The van der Waals surface area contributed by atoms with Gasteiger partial charge in [-0.2, -0.15) is 26.3 Å². The average Bonchev–Trinajstić information content (AvgIpc) is 2.48. The van der Waals surface area contributed by atoms with Gasteiger partial charge >= 0.3 is 18.3 Å². The highest BCUT2D eigenvalue weighted by Crippen LogP contribution is 2.36. The first-order valence-corrected chi connectivity index (χ1v) is 6.20. The lowest BCUT2D eigenvalue weighted by Gasteiger charge is -2.24. The molecule has 0 radical (unpaired) electrons. The Bertz CT molecular complexity index is 653. The molecule has 0 spiro atoms. The van der Waals surface area contributed by atoms with E-state index < -0.39 is 46.7 Å². The summed E-state index contributed by atoms with van der Waals surface area (Å²) in [5.74, 6) is -2.12. The van der Waals surface area contributed by atoms with E-state index in [1.54, 1.807) is 0 Å². The molecule has 0 fully saturated rings. The summed E-state index contributed by atoms with van der Waals surface area (Å²) in [6.07, 6.45) is -18.2. The molecule has 0 saturated carbocycles. The first kappa shape index (κ1) is 20.4. The average molecular weight is 373 g/mol. The van der Waals surface area contributed by atoms with Crippen LogP contribution in [0, 0.1) is 10.1 Å². The molecule has 0 heterocycles. The highest BCUT2D eigenvalue weighted by Gasteiger charge is 2.60. The maximum absolute atomic E-state index is 12.3. The molecule has 1 rings (SSSR count). The quantitative estimate of drug-likeness (QED) is 0.281. The smallest absolute Gasteiger partial charge is 0.434 e. The fourth-order valence-corrected chi connectivity index (χ4v) is 1.59. The number of carbonyl (C=O) groups is 1. The summed E-state index contributed by atoms with van der Waals surface area (Å²) in [6.45, 7) is 2.91. The number of aliphatic hydroxyl groups excluding tert-OH is 1. The lowest BCUT2D eigenvalue weighted by Crippen LogP contribution is -2.45. The van der Waals surface area contributed by atoms with Crippen molar-refractivity contribution in [3.63, 3.8) is 0 Å². The van der Waals surface area contributed by atoms with E-state index in [2.05, 4.69) is 11.3 Å². The predicted molar refractivity (Wildman–Crippen MR) is 69.2 cm³/mol. The summed E-state index contributed by atoms with van der Waals surface area (Å²) in [5, 5.41) is 20.2. The van der Waals surface area contributed by atoms with Gasteiger partial charge in [0.15, 0.2) is 0 Å². The van der Waals surface area contributed by atoms with Crippen LogP contribution in [0.15, 0.2) is 36.4 Å². The number of nitro benzene ring substituents is 1. The van der Waals surface area contributed by atoms with Crippen LogP contribution in [0.1, 0.15) is 11.7 Å². The van der Waals surface area contributed by atoms with Crippen molar-refractivity contribution in [2.45, 2.75) is 24.6 Å². The van der Waals surface area contributed by atoms with Crippen LogP contribution in [0.4, 0.5) is 32.0 Å².